The van der Waals surface area contributed by atoms with Crippen LogP contribution in [0.15, 0.2) is 58.5 Å². The van der Waals surface area contributed by atoms with E-state index in [1.807, 2.05) is 53.7 Å². The molecule has 6 aromatic rings. The largest absolute Gasteiger partial charge is 0.507 e. The maximum atomic E-state index is 12.4. The minimum Gasteiger partial charge on any atom is -0.507 e. The highest BCUT2D eigenvalue weighted by Crippen LogP contribution is 2.54. The molecule has 0 unspecified atom stereocenters. The Kier molecular flexibility index (Phi) is 10.2. The van der Waals surface area contributed by atoms with Crippen molar-refractivity contribution in [2.75, 3.05) is 0 Å². The van der Waals surface area contributed by atoms with E-state index in [-0.39, 0.29) is 67.9 Å². The summed E-state index contributed by atoms with van der Waals surface area (Å²) in [7, 11) is 0. The molecule has 6 rings (SSSR count). The zero-order chi connectivity index (χ0) is 39.5. The summed E-state index contributed by atoms with van der Waals surface area (Å²) in [6, 6.07) is 14.1. The van der Waals surface area contributed by atoms with Gasteiger partial charge >= 0.3 is 0 Å². The number of aromatic hydroxyl groups is 6. The number of fused-ring (bicyclic) bond motifs is 2. The maximum Gasteiger partial charge on any atom is 0.167 e. The normalized spacial score (nSPS) is 12.1. The average Bonchev–Trinajstić information content (AvgIpc) is 3.10. The smallest absolute Gasteiger partial charge is 0.167 e. The number of rotatable bonds is 7. The molecule has 54 heavy (non-hydrogen) atoms. The number of nitrogens with zero attached hydrogens (tertiary/aromatic N) is 2. The van der Waals surface area contributed by atoms with E-state index in [1.165, 1.54) is 12.4 Å². The molecule has 10 heteroatoms. The molecule has 0 amide bonds. The number of phenolic OH excluding ortho intramolecular Hbond substituents is 6. The van der Waals surface area contributed by atoms with Crippen LogP contribution in [0.2, 0.25) is 10.0 Å². The second-order valence-electron chi connectivity index (χ2n) is 14.3. The zero-order valence-electron chi connectivity index (χ0n) is 31.3. The first-order chi connectivity index (χ1) is 25.5. The predicted molar refractivity (Wildman–Crippen MR) is 221 cm³/mol. The topological polar surface area (TPSA) is 146 Å². The van der Waals surface area contributed by atoms with Gasteiger partial charge in [-0.05, 0) is 96.8 Å². The summed E-state index contributed by atoms with van der Waals surface area (Å²) in [4.78, 5) is 9.21. The van der Waals surface area contributed by atoms with Crippen molar-refractivity contribution < 1.29 is 30.6 Å². The van der Waals surface area contributed by atoms with Crippen LogP contribution < -0.4 is 0 Å². The highest BCUT2D eigenvalue weighted by Gasteiger charge is 2.29. The van der Waals surface area contributed by atoms with Crippen molar-refractivity contribution in [2.45, 2.75) is 67.2 Å². The number of benzene rings is 6. The third-order valence-electron chi connectivity index (χ3n) is 10.1. The molecule has 8 nitrogen and oxygen atoms in total. The molecule has 0 spiro atoms. The first kappa shape index (κ1) is 38.3. The molecule has 0 saturated heterocycles. The zero-order valence-corrected chi connectivity index (χ0v) is 32.8. The van der Waals surface area contributed by atoms with Crippen LogP contribution in [-0.4, -0.2) is 43.1 Å². The summed E-state index contributed by atoms with van der Waals surface area (Å²) in [6.07, 6.45) is 2.77. The van der Waals surface area contributed by atoms with Gasteiger partial charge in [0.1, 0.15) is 11.5 Å². The Labute approximate surface area is 324 Å². The van der Waals surface area contributed by atoms with Crippen molar-refractivity contribution in [3.63, 3.8) is 0 Å². The molecule has 0 aliphatic carbocycles. The number of phenols is 6. The second-order valence-corrected chi connectivity index (χ2v) is 15.1. The lowest BCUT2D eigenvalue weighted by Crippen LogP contribution is -2.01. The van der Waals surface area contributed by atoms with E-state index in [1.54, 1.807) is 50.2 Å². The second kappa shape index (κ2) is 14.4. The molecule has 0 aliphatic heterocycles. The van der Waals surface area contributed by atoms with Crippen LogP contribution in [0.5, 0.6) is 34.5 Å². The first-order valence-electron chi connectivity index (χ1n) is 17.5. The number of hydrogen-bond donors (Lipinski definition) is 6. The molecule has 0 heterocycles. The molecule has 0 bridgehead atoms. The van der Waals surface area contributed by atoms with Gasteiger partial charge in [0.15, 0.2) is 23.0 Å². The Bertz CT molecular complexity index is 2410. The third kappa shape index (κ3) is 6.23. The number of halogens is 2. The third-order valence-corrected chi connectivity index (χ3v) is 11.0. The Morgan fingerprint density at radius 1 is 0.519 bits per heavy atom. The Morgan fingerprint density at radius 2 is 0.870 bits per heavy atom. The Morgan fingerprint density at radius 3 is 1.20 bits per heavy atom. The van der Waals surface area contributed by atoms with Crippen LogP contribution >= 0.6 is 23.2 Å². The first-order valence-corrected chi connectivity index (χ1v) is 18.3. The van der Waals surface area contributed by atoms with Gasteiger partial charge in [-0.25, -0.2) is 0 Å². The SMILES string of the molecule is Cc1cc2c(C(C)C)c(O)c(O)c(C=Nc3cccc(Cl)c3C)c2c(O)c1-c1c(C)cc2c(C(C)C)c(O)c(O)c(C=Nc3cccc(Cl)c3C)c2c1O. The van der Waals surface area contributed by atoms with Gasteiger partial charge in [0, 0.05) is 55.5 Å². The van der Waals surface area contributed by atoms with Crippen molar-refractivity contribution in [1.29, 1.82) is 0 Å². The lowest BCUT2D eigenvalue weighted by Gasteiger charge is -2.23. The standard InChI is InChI=1S/C44H42Cl2N2O6/c1-19(2)33-25-15-21(5)35(41(51)37(25)27(39(49)43(33)53)17-47-31-13-9-11-29(45)23(31)7)36-22(6)16-26-34(20(3)4)44(54)40(50)28(38(26)42(36)52)18-48-32-14-10-12-30(46)24(32)8/h9-20,49-54H,1-8H3. The highest BCUT2D eigenvalue weighted by molar-refractivity contribution is 6.32. The monoisotopic (exact) mass is 764 g/mol. The van der Waals surface area contributed by atoms with Crippen molar-refractivity contribution in [3.8, 4) is 45.6 Å². The van der Waals surface area contributed by atoms with Crippen molar-refractivity contribution in [3.05, 3.63) is 103 Å². The Hall–Kier alpha value is -5.44. The molecule has 6 N–H and O–H groups in total. The molecular weight excluding hydrogens is 723 g/mol. The average molecular weight is 766 g/mol. The fourth-order valence-corrected chi connectivity index (χ4v) is 7.70. The summed E-state index contributed by atoms with van der Waals surface area (Å²) < 4.78 is 0. The van der Waals surface area contributed by atoms with E-state index in [4.69, 9.17) is 23.2 Å². The van der Waals surface area contributed by atoms with E-state index in [2.05, 4.69) is 9.98 Å². The molecule has 6 aromatic carbocycles. The number of aliphatic imine (C=N–C) groups is 2. The van der Waals surface area contributed by atoms with Crippen LogP contribution in [0.25, 0.3) is 32.7 Å². The highest BCUT2D eigenvalue weighted by atomic mass is 35.5. The van der Waals surface area contributed by atoms with Gasteiger partial charge in [0.05, 0.1) is 22.5 Å². The van der Waals surface area contributed by atoms with Gasteiger partial charge in [0.2, 0.25) is 0 Å². The molecule has 0 aromatic heterocycles. The summed E-state index contributed by atoms with van der Waals surface area (Å²) in [5, 5.41) is 72.9. The van der Waals surface area contributed by atoms with E-state index in [0.29, 0.717) is 65.6 Å². The summed E-state index contributed by atoms with van der Waals surface area (Å²) in [5.74, 6) is -2.61. The molecular formula is C44H42Cl2N2O6. The van der Waals surface area contributed by atoms with Gasteiger partial charge in [-0.1, -0.05) is 75.2 Å². The molecule has 0 radical (unpaired) electrons. The van der Waals surface area contributed by atoms with E-state index in [9.17, 15) is 30.6 Å². The molecule has 0 fully saturated rings. The van der Waals surface area contributed by atoms with Crippen LogP contribution in [-0.2, 0) is 0 Å². The fraction of sp³-hybridized carbons (Fsp3) is 0.227. The van der Waals surface area contributed by atoms with Gasteiger partial charge < -0.3 is 30.6 Å². The van der Waals surface area contributed by atoms with Crippen LogP contribution in [0.3, 0.4) is 0 Å². The summed E-state index contributed by atoms with van der Waals surface area (Å²) >= 11 is 12.7. The van der Waals surface area contributed by atoms with Crippen LogP contribution in [0.4, 0.5) is 11.4 Å². The van der Waals surface area contributed by atoms with Gasteiger partial charge in [0.25, 0.3) is 0 Å². The molecule has 0 saturated carbocycles. The molecule has 0 aliphatic rings. The lowest BCUT2D eigenvalue weighted by atomic mass is 9.83. The minimum absolute atomic E-state index is 0.0670. The lowest BCUT2D eigenvalue weighted by molar-refractivity contribution is 0.398. The van der Waals surface area contributed by atoms with Crippen molar-refractivity contribution in [1.82, 2.24) is 0 Å². The summed E-state index contributed by atoms with van der Waals surface area (Å²) in [5.41, 5.74) is 5.13. The number of aryl methyl sites for hydroxylation is 2. The van der Waals surface area contributed by atoms with Gasteiger partial charge in [-0.3, -0.25) is 9.98 Å². The van der Waals surface area contributed by atoms with E-state index in [0.717, 1.165) is 0 Å². The van der Waals surface area contributed by atoms with Gasteiger partial charge in [-0.2, -0.15) is 0 Å². The maximum absolute atomic E-state index is 12.4. The van der Waals surface area contributed by atoms with Crippen LogP contribution in [0, 0.1) is 27.7 Å². The minimum atomic E-state index is -0.462. The fourth-order valence-electron chi connectivity index (χ4n) is 7.36. The quantitative estimate of drug-likeness (QED) is 0.0704. The molecule has 278 valence electrons. The Balaban J connectivity index is 1.73. The predicted octanol–water partition coefficient (Wildman–Crippen LogP) is 12.2. The van der Waals surface area contributed by atoms with E-state index < -0.39 is 11.5 Å². The van der Waals surface area contributed by atoms with Gasteiger partial charge in [-0.15, -0.1) is 0 Å². The van der Waals surface area contributed by atoms with Crippen molar-refractivity contribution in [2.24, 2.45) is 9.98 Å². The van der Waals surface area contributed by atoms with Crippen molar-refractivity contribution >= 4 is 68.6 Å². The molecule has 0 atom stereocenters. The van der Waals surface area contributed by atoms with Crippen LogP contribution in [0.1, 0.15) is 84.0 Å². The summed E-state index contributed by atoms with van der Waals surface area (Å²) in [6.45, 7) is 14.7. The van der Waals surface area contributed by atoms with E-state index >= 15 is 0 Å². The number of hydrogen-bond acceptors (Lipinski definition) is 8.